The average molecular weight is 447 g/mol. The molecule has 0 spiro atoms. The molecule has 0 fully saturated rings. The molecule has 0 saturated carbocycles. The molecule has 0 aliphatic rings. The summed E-state index contributed by atoms with van der Waals surface area (Å²) in [5.74, 6) is 0.384. The average Bonchev–Trinajstić information content (AvgIpc) is 2.36. The van der Waals surface area contributed by atoms with Crippen LogP contribution in [0.2, 0.25) is 0 Å². The molecule has 0 N–H and O–H groups in total. The Morgan fingerprint density at radius 1 is 1.50 bits per heavy atom. The summed E-state index contributed by atoms with van der Waals surface area (Å²) in [7, 11) is 1.62. The van der Waals surface area contributed by atoms with E-state index in [0.29, 0.717) is 31.1 Å². The highest BCUT2D eigenvalue weighted by Crippen LogP contribution is 2.21. The van der Waals surface area contributed by atoms with Gasteiger partial charge in [0.25, 0.3) is 5.91 Å². The lowest BCUT2D eigenvalue weighted by atomic mass is 10.2. The predicted octanol–water partition coefficient (Wildman–Crippen LogP) is 3.38. The maximum atomic E-state index is 12.4. The molecule has 1 aromatic carbocycles. The molecule has 1 aromatic rings. The van der Waals surface area contributed by atoms with Crippen LogP contribution >= 0.6 is 50.1 Å². The van der Waals surface area contributed by atoms with Crippen molar-refractivity contribution in [2.75, 3.05) is 32.7 Å². The Morgan fingerprint density at radius 3 is 2.83 bits per heavy atom. The van der Waals surface area contributed by atoms with E-state index in [9.17, 15) is 4.79 Å². The number of hydrogen-bond acceptors (Lipinski definition) is 2. The normalized spacial score (nSPS) is 10.4. The van der Waals surface area contributed by atoms with E-state index in [1.165, 1.54) is 0 Å². The molecule has 18 heavy (non-hydrogen) atoms. The first-order valence-corrected chi connectivity index (χ1v) is 7.80. The van der Waals surface area contributed by atoms with E-state index in [0.717, 1.165) is 8.04 Å². The molecule has 1 amide bonds. The zero-order chi connectivity index (χ0) is 13.5. The molecule has 0 aromatic heterocycles. The molecular weight excluding hydrogens is 432 g/mol. The monoisotopic (exact) mass is 445 g/mol. The van der Waals surface area contributed by atoms with Crippen LogP contribution in [-0.2, 0) is 4.74 Å². The predicted molar refractivity (Wildman–Crippen MR) is 85.4 cm³/mol. The van der Waals surface area contributed by atoms with Gasteiger partial charge in [-0.3, -0.25) is 4.79 Å². The number of benzene rings is 1. The van der Waals surface area contributed by atoms with E-state index in [-0.39, 0.29) is 5.91 Å². The molecule has 0 saturated heterocycles. The SMILES string of the molecule is COCCN(CCCl)C(=O)c1cc(I)ccc1Br. The van der Waals surface area contributed by atoms with Gasteiger partial charge in [-0.05, 0) is 56.7 Å². The fraction of sp³-hybridized carbons (Fsp3) is 0.417. The highest BCUT2D eigenvalue weighted by atomic mass is 127. The van der Waals surface area contributed by atoms with E-state index in [1.807, 2.05) is 18.2 Å². The van der Waals surface area contributed by atoms with Crippen molar-refractivity contribution < 1.29 is 9.53 Å². The second-order valence-electron chi connectivity index (χ2n) is 3.60. The lowest BCUT2D eigenvalue weighted by Crippen LogP contribution is -2.35. The highest BCUT2D eigenvalue weighted by molar-refractivity contribution is 14.1. The van der Waals surface area contributed by atoms with Crippen LogP contribution in [0.4, 0.5) is 0 Å². The number of methoxy groups -OCH3 is 1. The number of ether oxygens (including phenoxy) is 1. The highest BCUT2D eigenvalue weighted by Gasteiger charge is 2.17. The van der Waals surface area contributed by atoms with Crippen LogP contribution in [0.3, 0.4) is 0 Å². The maximum Gasteiger partial charge on any atom is 0.255 e. The summed E-state index contributed by atoms with van der Waals surface area (Å²) in [6.45, 7) is 1.56. The number of halogens is 3. The van der Waals surface area contributed by atoms with Gasteiger partial charge in [0, 0.05) is 34.1 Å². The minimum absolute atomic E-state index is 0.0295. The lowest BCUT2D eigenvalue weighted by Gasteiger charge is -2.22. The fourth-order valence-electron chi connectivity index (χ4n) is 1.45. The lowest BCUT2D eigenvalue weighted by molar-refractivity contribution is 0.0707. The molecule has 0 aliphatic carbocycles. The van der Waals surface area contributed by atoms with Crippen molar-refractivity contribution in [1.82, 2.24) is 4.90 Å². The fourth-order valence-corrected chi connectivity index (χ4v) is 2.56. The minimum Gasteiger partial charge on any atom is -0.383 e. The topological polar surface area (TPSA) is 29.5 Å². The first kappa shape index (κ1) is 16.2. The van der Waals surface area contributed by atoms with Gasteiger partial charge in [0.2, 0.25) is 0 Å². The third-order valence-corrected chi connectivity index (χ3v) is 3.90. The van der Waals surface area contributed by atoms with Gasteiger partial charge in [0.1, 0.15) is 0 Å². The Labute approximate surface area is 134 Å². The smallest absolute Gasteiger partial charge is 0.255 e. The number of carbonyl (C=O) groups excluding carboxylic acids is 1. The summed E-state index contributed by atoms with van der Waals surface area (Å²) in [5.41, 5.74) is 0.656. The van der Waals surface area contributed by atoms with Gasteiger partial charge in [-0.25, -0.2) is 0 Å². The summed E-state index contributed by atoms with van der Waals surface area (Å²) in [5, 5.41) is 0. The van der Waals surface area contributed by atoms with Gasteiger partial charge in [-0.15, -0.1) is 11.6 Å². The van der Waals surface area contributed by atoms with Crippen LogP contribution in [0.1, 0.15) is 10.4 Å². The first-order chi connectivity index (χ1) is 8.60. The molecule has 1 rings (SSSR count). The summed E-state index contributed by atoms with van der Waals surface area (Å²) in [4.78, 5) is 14.1. The number of hydrogen-bond donors (Lipinski definition) is 0. The van der Waals surface area contributed by atoms with E-state index in [4.69, 9.17) is 16.3 Å². The standard InChI is InChI=1S/C12H14BrClINO2/c1-18-7-6-16(5-4-14)12(17)10-8-9(15)2-3-11(10)13/h2-3,8H,4-7H2,1H3. The molecule has 0 unspecified atom stereocenters. The first-order valence-electron chi connectivity index (χ1n) is 5.39. The zero-order valence-corrected chi connectivity index (χ0v) is 14.5. The van der Waals surface area contributed by atoms with Crippen molar-refractivity contribution in [2.24, 2.45) is 0 Å². The quantitative estimate of drug-likeness (QED) is 0.495. The zero-order valence-electron chi connectivity index (χ0n) is 9.96. The van der Waals surface area contributed by atoms with Crippen molar-refractivity contribution in [3.63, 3.8) is 0 Å². The van der Waals surface area contributed by atoms with Crippen LogP contribution in [0.25, 0.3) is 0 Å². The number of carbonyl (C=O) groups is 1. The Morgan fingerprint density at radius 2 is 2.22 bits per heavy atom. The van der Waals surface area contributed by atoms with Crippen LogP contribution < -0.4 is 0 Å². The Hall–Kier alpha value is 0.150. The van der Waals surface area contributed by atoms with Gasteiger partial charge in [0.05, 0.1) is 12.2 Å². The molecule has 3 nitrogen and oxygen atoms in total. The van der Waals surface area contributed by atoms with Crippen LogP contribution in [0, 0.1) is 3.57 Å². The van der Waals surface area contributed by atoms with Crippen molar-refractivity contribution in [3.8, 4) is 0 Å². The van der Waals surface area contributed by atoms with Gasteiger partial charge in [0.15, 0.2) is 0 Å². The summed E-state index contributed by atoms with van der Waals surface area (Å²) >= 11 is 11.3. The number of alkyl halides is 1. The van der Waals surface area contributed by atoms with Gasteiger partial charge in [-0.2, -0.15) is 0 Å². The number of nitrogens with zero attached hydrogens (tertiary/aromatic N) is 1. The van der Waals surface area contributed by atoms with E-state index >= 15 is 0 Å². The second kappa shape index (κ2) is 8.35. The van der Waals surface area contributed by atoms with Crippen LogP contribution in [-0.4, -0.2) is 43.5 Å². The molecule has 0 heterocycles. The molecular formula is C12H14BrClINO2. The summed E-state index contributed by atoms with van der Waals surface area (Å²) < 4.78 is 6.83. The molecule has 0 atom stereocenters. The Kier molecular flexibility index (Phi) is 7.51. The third-order valence-electron chi connectivity index (χ3n) is 2.37. The Balaban J connectivity index is 2.90. The van der Waals surface area contributed by atoms with E-state index in [2.05, 4.69) is 38.5 Å². The van der Waals surface area contributed by atoms with Crippen LogP contribution in [0.5, 0.6) is 0 Å². The van der Waals surface area contributed by atoms with E-state index in [1.54, 1.807) is 12.0 Å². The minimum atomic E-state index is -0.0295. The van der Waals surface area contributed by atoms with Crippen molar-refractivity contribution in [3.05, 3.63) is 31.8 Å². The summed E-state index contributed by atoms with van der Waals surface area (Å²) in [6.07, 6.45) is 0. The molecule has 100 valence electrons. The van der Waals surface area contributed by atoms with Crippen LogP contribution in [0.15, 0.2) is 22.7 Å². The molecule has 0 radical (unpaired) electrons. The second-order valence-corrected chi connectivity index (χ2v) is 6.08. The maximum absolute atomic E-state index is 12.4. The Bertz CT molecular complexity index is 417. The molecule has 0 aliphatic heterocycles. The van der Waals surface area contributed by atoms with Crippen molar-refractivity contribution in [1.29, 1.82) is 0 Å². The van der Waals surface area contributed by atoms with E-state index < -0.39 is 0 Å². The van der Waals surface area contributed by atoms with Gasteiger partial charge < -0.3 is 9.64 Å². The summed E-state index contributed by atoms with van der Waals surface area (Å²) in [6, 6.07) is 5.69. The van der Waals surface area contributed by atoms with Crippen molar-refractivity contribution >= 4 is 56.0 Å². The van der Waals surface area contributed by atoms with Gasteiger partial charge >= 0.3 is 0 Å². The largest absolute Gasteiger partial charge is 0.383 e. The van der Waals surface area contributed by atoms with Gasteiger partial charge in [-0.1, -0.05) is 0 Å². The van der Waals surface area contributed by atoms with Crippen molar-refractivity contribution in [2.45, 2.75) is 0 Å². The number of rotatable bonds is 6. The molecule has 0 bridgehead atoms. The third kappa shape index (κ3) is 4.68. The number of amides is 1. The molecule has 6 heteroatoms.